The Labute approximate surface area is 97.7 Å². The fourth-order valence-corrected chi connectivity index (χ4v) is 1.58. The molecule has 3 nitrogen and oxygen atoms in total. The van der Waals surface area contributed by atoms with Crippen LogP contribution in [0.3, 0.4) is 0 Å². The maximum absolute atomic E-state index is 13.2. The molecule has 0 fully saturated rings. The predicted molar refractivity (Wildman–Crippen MR) is 62.1 cm³/mol. The molecule has 1 aromatic carbocycles. The summed E-state index contributed by atoms with van der Waals surface area (Å²) in [5, 5.41) is 0. The summed E-state index contributed by atoms with van der Waals surface area (Å²) in [4.78, 5) is 17.8. The zero-order valence-electron chi connectivity index (χ0n) is 9.14. The number of nitrogens with zero attached hydrogens (tertiary/aromatic N) is 2. The number of halogens is 1. The highest BCUT2D eigenvalue weighted by molar-refractivity contribution is 5.76. The van der Waals surface area contributed by atoms with E-state index in [1.54, 1.807) is 31.3 Å². The second-order valence-electron chi connectivity index (χ2n) is 3.56. The average Bonchev–Trinajstić information content (AvgIpc) is 2.34. The summed E-state index contributed by atoms with van der Waals surface area (Å²) in [6, 6.07) is 6.46. The smallest absolute Gasteiger partial charge is 0.240 e. The van der Waals surface area contributed by atoms with E-state index in [2.05, 4.69) is 9.98 Å². The quantitative estimate of drug-likeness (QED) is 0.585. The minimum absolute atomic E-state index is 0.261. The Hall–Kier alpha value is -2.32. The summed E-state index contributed by atoms with van der Waals surface area (Å²) < 4.78 is 13.2. The first-order valence-electron chi connectivity index (χ1n) is 5.01. The number of aliphatic imine (C=N–C) groups is 1. The molecular formula is C13H9FN2O. The molecule has 0 unspecified atom stereocenters. The molecule has 0 radical (unpaired) electrons. The summed E-state index contributed by atoms with van der Waals surface area (Å²) in [7, 11) is 0. The number of pyridine rings is 1. The monoisotopic (exact) mass is 228 g/mol. The van der Waals surface area contributed by atoms with Crippen molar-refractivity contribution in [2.24, 2.45) is 4.99 Å². The highest BCUT2D eigenvalue weighted by Crippen LogP contribution is 2.29. The van der Waals surface area contributed by atoms with E-state index in [0.717, 1.165) is 11.1 Å². The highest BCUT2D eigenvalue weighted by Gasteiger charge is 2.06. The number of hydrogen-bond acceptors (Lipinski definition) is 3. The van der Waals surface area contributed by atoms with Crippen LogP contribution >= 0.6 is 0 Å². The van der Waals surface area contributed by atoms with E-state index in [1.165, 1.54) is 18.3 Å². The number of hydrogen-bond donors (Lipinski definition) is 0. The number of benzene rings is 1. The van der Waals surface area contributed by atoms with Crippen LogP contribution in [-0.2, 0) is 4.79 Å². The molecular weight excluding hydrogens is 219 g/mol. The molecule has 0 atom stereocenters. The van der Waals surface area contributed by atoms with Gasteiger partial charge in [-0.15, -0.1) is 0 Å². The van der Waals surface area contributed by atoms with Crippen molar-refractivity contribution in [3.05, 3.63) is 48.0 Å². The Morgan fingerprint density at radius 2 is 2.18 bits per heavy atom. The van der Waals surface area contributed by atoms with E-state index in [4.69, 9.17) is 0 Å². The Balaban J connectivity index is 2.59. The third-order valence-electron chi connectivity index (χ3n) is 2.44. The van der Waals surface area contributed by atoms with Gasteiger partial charge in [0.15, 0.2) is 0 Å². The van der Waals surface area contributed by atoms with E-state index in [0.29, 0.717) is 11.3 Å². The van der Waals surface area contributed by atoms with Crippen molar-refractivity contribution in [2.45, 2.75) is 6.92 Å². The van der Waals surface area contributed by atoms with Crippen molar-refractivity contribution in [2.75, 3.05) is 0 Å². The molecule has 2 aromatic rings. The largest absolute Gasteiger partial charge is 0.262 e. The molecule has 0 N–H and O–H groups in total. The lowest BCUT2D eigenvalue weighted by molar-refractivity contribution is 0.565. The van der Waals surface area contributed by atoms with Gasteiger partial charge in [0.25, 0.3) is 0 Å². The molecule has 0 saturated heterocycles. The van der Waals surface area contributed by atoms with Gasteiger partial charge in [-0.2, -0.15) is 4.99 Å². The minimum atomic E-state index is -0.261. The maximum atomic E-state index is 13.2. The van der Waals surface area contributed by atoms with E-state index in [9.17, 15) is 9.18 Å². The average molecular weight is 228 g/mol. The fourth-order valence-electron chi connectivity index (χ4n) is 1.58. The van der Waals surface area contributed by atoms with Crippen LogP contribution in [0.5, 0.6) is 0 Å². The first kappa shape index (κ1) is 11.2. The first-order chi connectivity index (χ1) is 8.22. The summed E-state index contributed by atoms with van der Waals surface area (Å²) in [5.74, 6) is -0.261. The number of isocyanates is 1. The lowest BCUT2D eigenvalue weighted by Crippen LogP contribution is -1.85. The highest BCUT2D eigenvalue weighted by atomic mass is 19.1. The number of aryl methyl sites for hydroxylation is 1. The Bertz CT molecular complexity index is 604. The number of aromatic nitrogens is 1. The minimum Gasteiger partial charge on any atom is -0.262 e. The molecule has 0 aliphatic heterocycles. The standard InChI is InChI=1S/C13H9FN2O/c1-9-6-10(2-3-12(9)14)11-4-5-15-7-13(11)16-8-17/h2-7H,1H3. The summed E-state index contributed by atoms with van der Waals surface area (Å²) in [6.45, 7) is 1.68. The van der Waals surface area contributed by atoms with Crippen LogP contribution < -0.4 is 0 Å². The first-order valence-corrected chi connectivity index (χ1v) is 5.01. The molecule has 1 heterocycles. The zero-order valence-corrected chi connectivity index (χ0v) is 9.14. The summed E-state index contributed by atoms with van der Waals surface area (Å²) in [6.07, 6.45) is 4.55. The van der Waals surface area contributed by atoms with E-state index < -0.39 is 0 Å². The molecule has 0 saturated carbocycles. The molecule has 0 spiro atoms. The molecule has 0 aliphatic rings. The van der Waals surface area contributed by atoms with Crippen LogP contribution in [-0.4, -0.2) is 11.1 Å². The van der Waals surface area contributed by atoms with Crippen LogP contribution in [0.2, 0.25) is 0 Å². The Morgan fingerprint density at radius 1 is 1.35 bits per heavy atom. The molecule has 0 bridgehead atoms. The van der Waals surface area contributed by atoms with Crippen LogP contribution in [0.25, 0.3) is 11.1 Å². The summed E-state index contributed by atoms with van der Waals surface area (Å²) >= 11 is 0. The Kier molecular flexibility index (Phi) is 3.08. The van der Waals surface area contributed by atoms with Gasteiger partial charge in [0.1, 0.15) is 11.5 Å². The van der Waals surface area contributed by atoms with Gasteiger partial charge in [-0.3, -0.25) is 4.98 Å². The van der Waals surface area contributed by atoms with Gasteiger partial charge in [0, 0.05) is 11.8 Å². The van der Waals surface area contributed by atoms with Gasteiger partial charge in [0.05, 0.1) is 6.20 Å². The predicted octanol–water partition coefficient (Wildman–Crippen LogP) is 3.16. The second kappa shape index (κ2) is 4.68. The normalized spacial score (nSPS) is 9.76. The van der Waals surface area contributed by atoms with Gasteiger partial charge in [0.2, 0.25) is 6.08 Å². The molecule has 0 aliphatic carbocycles. The van der Waals surface area contributed by atoms with Crippen molar-refractivity contribution < 1.29 is 9.18 Å². The van der Waals surface area contributed by atoms with E-state index >= 15 is 0 Å². The number of rotatable bonds is 2. The zero-order chi connectivity index (χ0) is 12.3. The third kappa shape index (κ3) is 2.27. The van der Waals surface area contributed by atoms with Crippen LogP contribution in [0.15, 0.2) is 41.7 Å². The van der Waals surface area contributed by atoms with Crippen molar-refractivity contribution >= 4 is 11.8 Å². The molecule has 4 heteroatoms. The molecule has 0 amide bonds. The molecule has 17 heavy (non-hydrogen) atoms. The van der Waals surface area contributed by atoms with Gasteiger partial charge in [-0.05, 0) is 36.2 Å². The lowest BCUT2D eigenvalue weighted by Gasteiger charge is -2.05. The van der Waals surface area contributed by atoms with Gasteiger partial charge in [-0.25, -0.2) is 9.18 Å². The van der Waals surface area contributed by atoms with E-state index in [-0.39, 0.29) is 5.82 Å². The fraction of sp³-hybridized carbons (Fsp3) is 0.0769. The van der Waals surface area contributed by atoms with Gasteiger partial charge >= 0.3 is 0 Å². The van der Waals surface area contributed by atoms with E-state index in [1.807, 2.05) is 0 Å². The third-order valence-corrected chi connectivity index (χ3v) is 2.44. The SMILES string of the molecule is Cc1cc(-c2ccncc2N=C=O)ccc1F. The maximum Gasteiger partial charge on any atom is 0.240 e. The molecule has 2 rings (SSSR count). The van der Waals surface area contributed by atoms with Crippen LogP contribution in [0.4, 0.5) is 10.1 Å². The van der Waals surface area contributed by atoms with Crippen molar-refractivity contribution in [3.8, 4) is 11.1 Å². The van der Waals surface area contributed by atoms with Gasteiger partial charge < -0.3 is 0 Å². The number of carbonyl (C=O) groups excluding carboxylic acids is 1. The van der Waals surface area contributed by atoms with Crippen molar-refractivity contribution in [1.29, 1.82) is 0 Å². The topological polar surface area (TPSA) is 42.3 Å². The lowest BCUT2D eigenvalue weighted by atomic mass is 10.0. The summed E-state index contributed by atoms with van der Waals surface area (Å²) in [5.41, 5.74) is 2.49. The molecule has 84 valence electrons. The van der Waals surface area contributed by atoms with Crippen molar-refractivity contribution in [3.63, 3.8) is 0 Å². The Morgan fingerprint density at radius 3 is 2.88 bits per heavy atom. The second-order valence-corrected chi connectivity index (χ2v) is 3.56. The van der Waals surface area contributed by atoms with Crippen LogP contribution in [0, 0.1) is 12.7 Å². The van der Waals surface area contributed by atoms with Gasteiger partial charge in [-0.1, -0.05) is 6.07 Å². The van der Waals surface area contributed by atoms with Crippen LogP contribution in [0.1, 0.15) is 5.56 Å². The molecule has 1 aromatic heterocycles. The van der Waals surface area contributed by atoms with Crippen molar-refractivity contribution in [1.82, 2.24) is 4.98 Å².